The topological polar surface area (TPSA) is 49.4 Å². The molecule has 4 fully saturated rings. The van der Waals surface area contributed by atoms with Gasteiger partial charge in [0, 0.05) is 26.1 Å². The minimum atomic E-state index is 0.0914. The minimum absolute atomic E-state index is 0.0914. The Morgan fingerprint density at radius 3 is 2.70 bits per heavy atom. The van der Waals surface area contributed by atoms with E-state index in [0.717, 1.165) is 42.0 Å². The van der Waals surface area contributed by atoms with Gasteiger partial charge in [-0.2, -0.15) is 0 Å². The summed E-state index contributed by atoms with van der Waals surface area (Å²) in [6, 6.07) is 4.29. The fourth-order valence-electron chi connectivity index (χ4n) is 8.31. The summed E-state index contributed by atoms with van der Waals surface area (Å²) in [6.45, 7) is 5.83. The number of amides is 2. The number of fused-ring (bicyclic) bond motifs is 5. The van der Waals surface area contributed by atoms with Crippen LogP contribution >= 0.6 is 11.3 Å². The lowest BCUT2D eigenvalue weighted by molar-refractivity contribution is -0.158. The third kappa shape index (κ3) is 2.98. The van der Waals surface area contributed by atoms with Gasteiger partial charge in [-0.25, -0.2) is 0 Å². The summed E-state index contributed by atoms with van der Waals surface area (Å²) < 4.78 is 0. The van der Waals surface area contributed by atoms with Crippen LogP contribution in [0, 0.1) is 34.5 Å². The zero-order valence-corrected chi connectivity index (χ0v) is 19.5. The molecule has 1 aliphatic heterocycles. The van der Waals surface area contributed by atoms with Crippen LogP contribution in [0.5, 0.6) is 0 Å². The highest BCUT2D eigenvalue weighted by atomic mass is 32.1. The molecule has 0 spiro atoms. The summed E-state index contributed by atoms with van der Waals surface area (Å²) in [6.07, 6.45) is 9.38. The first-order valence-electron chi connectivity index (χ1n) is 11.9. The summed E-state index contributed by atoms with van der Waals surface area (Å²) >= 11 is 1.52. The number of carbonyl (C=O) groups is 2. The first kappa shape index (κ1) is 20.5. The maximum absolute atomic E-state index is 12.5. The molecule has 7 atom stereocenters. The molecular weight excluding hydrogens is 392 g/mol. The fraction of sp³-hybridized carbons (Fsp3) is 0.760. The monoisotopic (exact) mass is 428 g/mol. The first-order chi connectivity index (χ1) is 14.3. The van der Waals surface area contributed by atoms with Gasteiger partial charge in [-0.1, -0.05) is 19.9 Å². The Bertz CT molecular complexity index is 823. The van der Waals surface area contributed by atoms with Crippen molar-refractivity contribution in [1.29, 1.82) is 0 Å². The number of nitrogens with one attached hydrogen (secondary N) is 1. The molecule has 30 heavy (non-hydrogen) atoms. The molecule has 2 heterocycles. The lowest BCUT2D eigenvalue weighted by Crippen LogP contribution is -2.61. The normalized spacial score (nSPS) is 43.0. The largest absolute Gasteiger partial charge is 0.351 e. The predicted octanol–water partition coefficient (Wildman–Crippen LogP) is 4.96. The van der Waals surface area contributed by atoms with Gasteiger partial charge < -0.3 is 10.2 Å². The molecule has 4 nitrogen and oxygen atoms in total. The molecule has 0 bridgehead atoms. The molecular formula is C25H36N2O2S. The van der Waals surface area contributed by atoms with E-state index in [1.807, 2.05) is 24.6 Å². The van der Waals surface area contributed by atoms with Crippen molar-refractivity contribution in [3.8, 4) is 0 Å². The van der Waals surface area contributed by atoms with Crippen molar-refractivity contribution in [1.82, 2.24) is 10.2 Å². The summed E-state index contributed by atoms with van der Waals surface area (Å²) in [5.74, 6) is 3.36. The van der Waals surface area contributed by atoms with Gasteiger partial charge in [0.2, 0.25) is 5.91 Å². The highest BCUT2D eigenvalue weighted by Gasteiger charge is 2.60. The number of hydrogen-bond acceptors (Lipinski definition) is 3. The van der Waals surface area contributed by atoms with Crippen molar-refractivity contribution in [2.24, 2.45) is 34.5 Å². The second-order valence-corrected chi connectivity index (χ2v) is 11.9. The average molecular weight is 429 g/mol. The number of piperidine rings is 1. The van der Waals surface area contributed by atoms with Crippen LogP contribution in [0.3, 0.4) is 0 Å². The number of thiophene rings is 1. The van der Waals surface area contributed by atoms with Crippen LogP contribution in [0.4, 0.5) is 0 Å². The Morgan fingerprint density at radius 2 is 1.93 bits per heavy atom. The zero-order chi connectivity index (χ0) is 21.1. The van der Waals surface area contributed by atoms with Crippen molar-refractivity contribution in [3.63, 3.8) is 0 Å². The van der Waals surface area contributed by atoms with Crippen molar-refractivity contribution >= 4 is 23.2 Å². The van der Waals surface area contributed by atoms with E-state index in [4.69, 9.17) is 0 Å². The molecule has 5 rings (SSSR count). The Kier molecular flexibility index (Phi) is 5.04. The molecule has 1 aromatic heterocycles. The molecule has 1 aromatic rings. The van der Waals surface area contributed by atoms with E-state index < -0.39 is 0 Å². The molecule has 4 aliphatic rings. The highest BCUT2D eigenvalue weighted by Crippen LogP contribution is 2.66. The van der Waals surface area contributed by atoms with E-state index in [1.54, 1.807) is 0 Å². The van der Waals surface area contributed by atoms with Crippen molar-refractivity contribution in [3.05, 3.63) is 22.4 Å². The van der Waals surface area contributed by atoms with E-state index in [1.165, 1.54) is 49.9 Å². The molecule has 3 saturated carbocycles. The molecule has 1 saturated heterocycles. The molecule has 0 aromatic carbocycles. The van der Waals surface area contributed by atoms with E-state index in [0.29, 0.717) is 28.7 Å². The number of nitrogens with zero attached hydrogens (tertiary/aromatic N) is 1. The third-order valence-corrected chi connectivity index (χ3v) is 10.9. The Morgan fingerprint density at radius 1 is 1.13 bits per heavy atom. The van der Waals surface area contributed by atoms with Crippen molar-refractivity contribution < 1.29 is 9.59 Å². The van der Waals surface area contributed by atoms with E-state index >= 15 is 0 Å². The average Bonchev–Trinajstić information content (AvgIpc) is 3.37. The maximum atomic E-state index is 12.5. The second-order valence-electron chi connectivity index (χ2n) is 11.0. The lowest BCUT2D eigenvalue weighted by Gasteiger charge is -2.61. The second kappa shape index (κ2) is 7.36. The van der Waals surface area contributed by atoms with E-state index in [9.17, 15) is 9.59 Å². The first-order valence-corrected chi connectivity index (χ1v) is 12.8. The zero-order valence-electron chi connectivity index (χ0n) is 18.7. The van der Waals surface area contributed by atoms with Crippen LogP contribution in [-0.2, 0) is 4.79 Å². The summed E-state index contributed by atoms with van der Waals surface area (Å²) in [5.41, 5.74) is 0.641. The molecule has 1 N–H and O–H groups in total. The smallest absolute Gasteiger partial charge is 0.261 e. The molecule has 164 valence electrons. The third-order valence-electron chi connectivity index (χ3n) is 10.0. The fourth-order valence-corrected chi connectivity index (χ4v) is 8.95. The van der Waals surface area contributed by atoms with Crippen molar-refractivity contribution in [2.45, 2.75) is 71.3 Å². The molecule has 5 heteroatoms. The Labute approximate surface area is 184 Å². The van der Waals surface area contributed by atoms with Crippen LogP contribution in [0.1, 0.15) is 74.9 Å². The SMILES string of the molecule is CN1C(=O)CC[C@]2(C)[C@H]3CC[C@]4(C)[C@@H](CNC(=O)c5cccs5)CC[C@H]4[C@@H]3CC[C@@H]12. The standard InChI is InChI=1S/C25H36N2O2S/c1-24-12-10-19-17(7-9-21-25(19,2)13-11-22(28)27(21)3)18(24)8-6-16(24)15-26-23(29)20-5-4-14-30-20/h4-5,14,16-19,21H,6-13,15H2,1-3H3,(H,26,29)/t16-,17+,18+,19+,21-,24-,25-/m1/s1. The number of rotatable bonds is 3. The van der Waals surface area contributed by atoms with Gasteiger partial charge in [0.15, 0.2) is 0 Å². The Balaban J connectivity index is 1.30. The molecule has 0 unspecified atom stereocenters. The quantitative estimate of drug-likeness (QED) is 0.740. The lowest BCUT2D eigenvalue weighted by atomic mass is 9.47. The van der Waals surface area contributed by atoms with Gasteiger partial charge in [0.05, 0.1) is 4.88 Å². The van der Waals surface area contributed by atoms with Crippen LogP contribution in [-0.4, -0.2) is 36.3 Å². The summed E-state index contributed by atoms with van der Waals surface area (Å²) in [5, 5.41) is 5.22. The van der Waals surface area contributed by atoms with Crippen molar-refractivity contribution in [2.75, 3.05) is 13.6 Å². The molecule has 0 radical (unpaired) electrons. The van der Waals surface area contributed by atoms with Crippen LogP contribution in [0.15, 0.2) is 17.5 Å². The molecule has 3 aliphatic carbocycles. The van der Waals surface area contributed by atoms with Gasteiger partial charge in [0.25, 0.3) is 5.91 Å². The van der Waals surface area contributed by atoms with Gasteiger partial charge in [0.1, 0.15) is 0 Å². The highest BCUT2D eigenvalue weighted by molar-refractivity contribution is 7.12. The van der Waals surface area contributed by atoms with Crippen LogP contribution in [0.2, 0.25) is 0 Å². The van der Waals surface area contributed by atoms with Gasteiger partial charge in [-0.15, -0.1) is 11.3 Å². The van der Waals surface area contributed by atoms with E-state index in [-0.39, 0.29) is 5.91 Å². The molecule has 2 amide bonds. The summed E-state index contributed by atoms with van der Waals surface area (Å²) in [4.78, 5) is 27.7. The number of carbonyl (C=O) groups excluding carboxylic acids is 2. The van der Waals surface area contributed by atoms with Crippen LogP contribution in [0.25, 0.3) is 0 Å². The summed E-state index contributed by atoms with van der Waals surface area (Å²) in [7, 11) is 2.04. The van der Waals surface area contributed by atoms with Gasteiger partial charge in [-0.05, 0) is 90.9 Å². The van der Waals surface area contributed by atoms with Gasteiger partial charge >= 0.3 is 0 Å². The predicted molar refractivity (Wildman–Crippen MR) is 120 cm³/mol. The van der Waals surface area contributed by atoms with Crippen LogP contribution < -0.4 is 5.32 Å². The Hall–Kier alpha value is -1.36. The maximum Gasteiger partial charge on any atom is 0.261 e. The van der Waals surface area contributed by atoms with Gasteiger partial charge in [-0.3, -0.25) is 9.59 Å². The minimum Gasteiger partial charge on any atom is -0.351 e. The van der Waals surface area contributed by atoms with E-state index in [2.05, 4.69) is 24.1 Å². The number of likely N-dealkylation sites (tertiary alicyclic amines) is 1. The number of hydrogen-bond donors (Lipinski definition) is 1.